The quantitative estimate of drug-likeness (QED) is 0.673. The first-order chi connectivity index (χ1) is 6.72. The highest BCUT2D eigenvalue weighted by Crippen LogP contribution is 2.13. The molecule has 82 valence electrons. The standard InChI is InChI=1S/C10H20N2O2/c1-2-12(6-5-10(11)13)8-9-4-3-7-14-9/h9H,2-8H2,1H3,(H2,11,13). The van der Waals surface area contributed by atoms with Crippen LogP contribution in [-0.2, 0) is 9.53 Å². The van der Waals surface area contributed by atoms with Crippen molar-refractivity contribution >= 4 is 5.91 Å². The van der Waals surface area contributed by atoms with Crippen LogP contribution in [0.5, 0.6) is 0 Å². The molecule has 1 unspecified atom stereocenters. The smallest absolute Gasteiger partial charge is 0.218 e. The summed E-state index contributed by atoms with van der Waals surface area (Å²) in [7, 11) is 0. The topological polar surface area (TPSA) is 55.6 Å². The molecular weight excluding hydrogens is 180 g/mol. The minimum absolute atomic E-state index is 0.226. The number of primary amides is 1. The minimum Gasteiger partial charge on any atom is -0.377 e. The first kappa shape index (κ1) is 11.5. The lowest BCUT2D eigenvalue weighted by Crippen LogP contribution is -2.34. The Bertz CT molecular complexity index is 179. The third-order valence-electron chi connectivity index (χ3n) is 2.61. The summed E-state index contributed by atoms with van der Waals surface area (Å²) in [6, 6.07) is 0. The van der Waals surface area contributed by atoms with Gasteiger partial charge in [0.05, 0.1) is 6.10 Å². The summed E-state index contributed by atoms with van der Waals surface area (Å²) >= 11 is 0. The van der Waals surface area contributed by atoms with E-state index in [1.165, 1.54) is 0 Å². The van der Waals surface area contributed by atoms with Crippen molar-refractivity contribution in [1.29, 1.82) is 0 Å². The number of likely N-dealkylation sites (N-methyl/N-ethyl adjacent to an activating group) is 1. The molecule has 0 aromatic rings. The van der Waals surface area contributed by atoms with Crippen LogP contribution in [0, 0.1) is 0 Å². The minimum atomic E-state index is -0.226. The highest BCUT2D eigenvalue weighted by molar-refractivity contribution is 5.73. The first-order valence-electron chi connectivity index (χ1n) is 5.34. The van der Waals surface area contributed by atoms with Crippen molar-refractivity contribution in [3.63, 3.8) is 0 Å². The van der Waals surface area contributed by atoms with Gasteiger partial charge in [-0.25, -0.2) is 0 Å². The molecule has 0 radical (unpaired) electrons. The molecule has 1 aliphatic heterocycles. The van der Waals surface area contributed by atoms with E-state index < -0.39 is 0 Å². The van der Waals surface area contributed by atoms with Gasteiger partial charge in [-0.1, -0.05) is 6.92 Å². The largest absolute Gasteiger partial charge is 0.377 e. The first-order valence-corrected chi connectivity index (χ1v) is 5.34. The number of nitrogens with zero attached hydrogens (tertiary/aromatic N) is 1. The van der Waals surface area contributed by atoms with Crippen molar-refractivity contribution in [3.05, 3.63) is 0 Å². The third-order valence-corrected chi connectivity index (χ3v) is 2.61. The fraction of sp³-hybridized carbons (Fsp3) is 0.900. The summed E-state index contributed by atoms with van der Waals surface area (Å²) < 4.78 is 5.53. The van der Waals surface area contributed by atoms with Crippen LogP contribution in [0.2, 0.25) is 0 Å². The van der Waals surface area contributed by atoms with E-state index in [2.05, 4.69) is 11.8 Å². The number of hydrogen-bond donors (Lipinski definition) is 1. The van der Waals surface area contributed by atoms with Gasteiger partial charge >= 0.3 is 0 Å². The van der Waals surface area contributed by atoms with Gasteiger partial charge in [-0.05, 0) is 19.4 Å². The molecule has 1 atom stereocenters. The Morgan fingerprint density at radius 2 is 2.43 bits per heavy atom. The maximum atomic E-state index is 10.6. The maximum Gasteiger partial charge on any atom is 0.218 e. The molecule has 1 aliphatic rings. The lowest BCUT2D eigenvalue weighted by molar-refractivity contribution is -0.118. The summed E-state index contributed by atoms with van der Waals surface area (Å²) in [6.45, 7) is 5.62. The molecule has 1 rings (SSSR count). The van der Waals surface area contributed by atoms with Crippen molar-refractivity contribution in [2.24, 2.45) is 5.73 Å². The van der Waals surface area contributed by atoms with Gasteiger partial charge in [0, 0.05) is 26.1 Å². The van der Waals surface area contributed by atoms with E-state index in [0.29, 0.717) is 12.5 Å². The Labute approximate surface area is 85.4 Å². The molecule has 1 saturated heterocycles. The lowest BCUT2D eigenvalue weighted by Gasteiger charge is -2.22. The van der Waals surface area contributed by atoms with E-state index in [4.69, 9.17) is 10.5 Å². The van der Waals surface area contributed by atoms with Crippen LogP contribution < -0.4 is 5.73 Å². The number of nitrogens with two attached hydrogens (primary N) is 1. The SMILES string of the molecule is CCN(CCC(N)=O)CC1CCCO1. The second-order valence-electron chi connectivity index (χ2n) is 3.74. The Morgan fingerprint density at radius 1 is 1.64 bits per heavy atom. The predicted molar refractivity (Wildman–Crippen MR) is 54.9 cm³/mol. The highest BCUT2D eigenvalue weighted by atomic mass is 16.5. The zero-order chi connectivity index (χ0) is 10.4. The average molecular weight is 200 g/mol. The molecule has 0 aliphatic carbocycles. The van der Waals surface area contributed by atoms with E-state index in [1.807, 2.05) is 0 Å². The van der Waals surface area contributed by atoms with Crippen LogP contribution in [0.3, 0.4) is 0 Å². The summed E-state index contributed by atoms with van der Waals surface area (Å²) in [5.41, 5.74) is 5.11. The van der Waals surface area contributed by atoms with Crippen LogP contribution in [0.25, 0.3) is 0 Å². The molecule has 0 bridgehead atoms. The summed E-state index contributed by atoms with van der Waals surface area (Å²) in [6.07, 6.45) is 3.12. The van der Waals surface area contributed by atoms with Crippen molar-refractivity contribution in [3.8, 4) is 0 Å². The lowest BCUT2D eigenvalue weighted by atomic mass is 10.2. The number of ether oxygens (including phenoxy) is 1. The van der Waals surface area contributed by atoms with Gasteiger partial charge in [0.15, 0.2) is 0 Å². The number of hydrogen-bond acceptors (Lipinski definition) is 3. The zero-order valence-electron chi connectivity index (χ0n) is 8.87. The number of rotatable bonds is 6. The monoisotopic (exact) mass is 200 g/mol. The van der Waals surface area contributed by atoms with Crippen LogP contribution >= 0.6 is 0 Å². The highest BCUT2D eigenvalue weighted by Gasteiger charge is 2.18. The maximum absolute atomic E-state index is 10.6. The van der Waals surface area contributed by atoms with E-state index >= 15 is 0 Å². The van der Waals surface area contributed by atoms with Gasteiger partial charge in [0.25, 0.3) is 0 Å². The van der Waals surface area contributed by atoms with E-state index in [9.17, 15) is 4.79 Å². The zero-order valence-corrected chi connectivity index (χ0v) is 8.87. The molecule has 0 spiro atoms. The Balaban J connectivity index is 2.19. The molecule has 14 heavy (non-hydrogen) atoms. The third kappa shape index (κ3) is 4.07. The van der Waals surface area contributed by atoms with Crippen molar-refractivity contribution in [1.82, 2.24) is 4.90 Å². The summed E-state index contributed by atoms with van der Waals surface area (Å²) in [5, 5.41) is 0. The predicted octanol–water partition coefficient (Wildman–Crippen LogP) is 0.363. The molecule has 0 saturated carbocycles. The van der Waals surface area contributed by atoms with Crippen molar-refractivity contribution in [2.75, 3.05) is 26.2 Å². The second-order valence-corrected chi connectivity index (χ2v) is 3.74. The second kappa shape index (κ2) is 5.98. The molecule has 2 N–H and O–H groups in total. The van der Waals surface area contributed by atoms with Gasteiger partial charge < -0.3 is 15.4 Å². The van der Waals surface area contributed by atoms with Crippen molar-refractivity contribution < 1.29 is 9.53 Å². The van der Waals surface area contributed by atoms with E-state index in [0.717, 1.165) is 39.1 Å². The number of amides is 1. The normalized spacial score (nSPS) is 21.7. The number of carbonyl (C=O) groups excluding carboxylic acids is 1. The van der Waals surface area contributed by atoms with Crippen molar-refractivity contribution in [2.45, 2.75) is 32.3 Å². The molecule has 4 heteroatoms. The Morgan fingerprint density at radius 3 is 2.93 bits per heavy atom. The molecule has 4 nitrogen and oxygen atoms in total. The summed E-state index contributed by atoms with van der Waals surface area (Å²) in [4.78, 5) is 12.8. The molecule has 1 fully saturated rings. The molecule has 1 heterocycles. The van der Waals surface area contributed by atoms with Gasteiger partial charge in [0.2, 0.25) is 5.91 Å². The van der Waals surface area contributed by atoms with Crippen LogP contribution in [0.4, 0.5) is 0 Å². The Hall–Kier alpha value is -0.610. The van der Waals surface area contributed by atoms with Gasteiger partial charge in [-0.2, -0.15) is 0 Å². The van der Waals surface area contributed by atoms with Gasteiger partial charge in [0.1, 0.15) is 0 Å². The fourth-order valence-corrected chi connectivity index (χ4v) is 1.72. The fourth-order valence-electron chi connectivity index (χ4n) is 1.72. The molecular formula is C10H20N2O2. The summed E-state index contributed by atoms with van der Waals surface area (Å²) in [5.74, 6) is -0.226. The van der Waals surface area contributed by atoms with Crippen LogP contribution in [0.15, 0.2) is 0 Å². The van der Waals surface area contributed by atoms with E-state index in [-0.39, 0.29) is 5.91 Å². The van der Waals surface area contributed by atoms with E-state index in [1.54, 1.807) is 0 Å². The van der Waals surface area contributed by atoms with Gasteiger partial charge in [-0.15, -0.1) is 0 Å². The number of carbonyl (C=O) groups is 1. The molecule has 1 amide bonds. The molecule has 0 aromatic heterocycles. The van der Waals surface area contributed by atoms with Crippen LogP contribution in [0.1, 0.15) is 26.2 Å². The Kier molecular flexibility index (Phi) is 4.90. The van der Waals surface area contributed by atoms with Crippen LogP contribution in [-0.4, -0.2) is 43.2 Å². The molecule has 0 aromatic carbocycles. The average Bonchev–Trinajstić information content (AvgIpc) is 2.64. The van der Waals surface area contributed by atoms with Gasteiger partial charge in [-0.3, -0.25) is 4.79 Å².